The monoisotopic (exact) mass is 297 g/mol. The van der Waals surface area contributed by atoms with Gasteiger partial charge in [-0.2, -0.15) is 0 Å². The number of ether oxygens (including phenoxy) is 1. The first-order chi connectivity index (χ1) is 10.2. The molecule has 0 aromatic carbocycles. The number of likely N-dealkylation sites (tertiary alicyclic amines) is 1. The van der Waals surface area contributed by atoms with Crippen molar-refractivity contribution in [3.05, 3.63) is 0 Å². The second-order valence-electron chi connectivity index (χ2n) is 6.47. The van der Waals surface area contributed by atoms with Crippen LogP contribution in [0, 0.1) is 0 Å². The van der Waals surface area contributed by atoms with Crippen LogP contribution in [0.5, 0.6) is 0 Å². The van der Waals surface area contributed by atoms with Gasteiger partial charge < -0.3 is 20.3 Å². The number of carbonyl (C=O) groups excluding carboxylic acids is 1. The molecule has 0 radical (unpaired) electrons. The van der Waals surface area contributed by atoms with E-state index in [-0.39, 0.29) is 18.2 Å². The molecule has 5 heteroatoms. The SMILES string of the molecule is CC(NC(=O)NCCCN1CCCCC1C)C1CCCO1. The lowest BCUT2D eigenvalue weighted by atomic mass is 10.0. The Kier molecular flexibility index (Phi) is 6.77. The second kappa shape index (κ2) is 8.59. The zero-order valence-corrected chi connectivity index (χ0v) is 13.6. The van der Waals surface area contributed by atoms with Crippen LogP contribution in [0.1, 0.15) is 52.4 Å². The van der Waals surface area contributed by atoms with E-state index in [1.165, 1.54) is 25.8 Å². The fourth-order valence-corrected chi connectivity index (χ4v) is 3.32. The molecule has 0 saturated carbocycles. The van der Waals surface area contributed by atoms with Crippen molar-refractivity contribution in [1.29, 1.82) is 0 Å². The molecule has 2 saturated heterocycles. The van der Waals surface area contributed by atoms with E-state index in [4.69, 9.17) is 4.74 Å². The Labute approximate surface area is 128 Å². The number of urea groups is 1. The molecule has 2 fully saturated rings. The van der Waals surface area contributed by atoms with E-state index < -0.39 is 0 Å². The first-order valence-corrected chi connectivity index (χ1v) is 8.57. The molecule has 0 bridgehead atoms. The Morgan fingerprint density at radius 3 is 2.90 bits per heavy atom. The number of rotatable bonds is 6. The molecule has 5 nitrogen and oxygen atoms in total. The fourth-order valence-electron chi connectivity index (χ4n) is 3.32. The lowest BCUT2D eigenvalue weighted by molar-refractivity contribution is 0.0860. The molecule has 0 aromatic heterocycles. The second-order valence-corrected chi connectivity index (χ2v) is 6.47. The predicted molar refractivity (Wildman–Crippen MR) is 84.5 cm³/mol. The minimum atomic E-state index is -0.0651. The summed E-state index contributed by atoms with van der Waals surface area (Å²) in [6.07, 6.45) is 7.35. The molecule has 0 spiro atoms. The van der Waals surface area contributed by atoms with E-state index >= 15 is 0 Å². The first kappa shape index (κ1) is 16.6. The molecule has 2 N–H and O–H groups in total. The van der Waals surface area contributed by atoms with Crippen LogP contribution in [-0.2, 0) is 4.74 Å². The van der Waals surface area contributed by atoms with Crippen molar-refractivity contribution >= 4 is 6.03 Å². The van der Waals surface area contributed by atoms with Gasteiger partial charge in [0.2, 0.25) is 0 Å². The molecule has 0 aliphatic carbocycles. The molecule has 21 heavy (non-hydrogen) atoms. The number of carbonyl (C=O) groups is 1. The van der Waals surface area contributed by atoms with Crippen molar-refractivity contribution < 1.29 is 9.53 Å². The van der Waals surface area contributed by atoms with Gasteiger partial charge in [0.25, 0.3) is 0 Å². The molecule has 2 amide bonds. The molecule has 122 valence electrons. The minimum absolute atomic E-state index is 0.0651. The maximum absolute atomic E-state index is 11.8. The van der Waals surface area contributed by atoms with Gasteiger partial charge in [-0.05, 0) is 52.5 Å². The summed E-state index contributed by atoms with van der Waals surface area (Å²) in [4.78, 5) is 14.4. The van der Waals surface area contributed by atoms with Gasteiger partial charge in [-0.3, -0.25) is 0 Å². The molecule has 0 aromatic rings. The number of hydrogen-bond donors (Lipinski definition) is 2. The topological polar surface area (TPSA) is 53.6 Å². The highest BCUT2D eigenvalue weighted by Crippen LogP contribution is 2.16. The van der Waals surface area contributed by atoms with E-state index in [2.05, 4.69) is 22.5 Å². The molecular formula is C16H31N3O2. The van der Waals surface area contributed by atoms with E-state index in [0.717, 1.165) is 39.0 Å². The summed E-state index contributed by atoms with van der Waals surface area (Å²) >= 11 is 0. The van der Waals surface area contributed by atoms with Gasteiger partial charge in [0.05, 0.1) is 12.1 Å². The van der Waals surface area contributed by atoms with Crippen LogP contribution in [0.3, 0.4) is 0 Å². The number of hydrogen-bond acceptors (Lipinski definition) is 3. The Bertz CT molecular complexity index is 319. The fraction of sp³-hybridized carbons (Fsp3) is 0.938. The smallest absolute Gasteiger partial charge is 0.315 e. The van der Waals surface area contributed by atoms with Gasteiger partial charge in [0.1, 0.15) is 0 Å². The highest BCUT2D eigenvalue weighted by Gasteiger charge is 2.23. The Balaban J connectivity index is 1.54. The van der Waals surface area contributed by atoms with Crippen LogP contribution in [0.15, 0.2) is 0 Å². The van der Waals surface area contributed by atoms with E-state index in [1.807, 2.05) is 6.92 Å². The lowest BCUT2D eigenvalue weighted by Crippen LogP contribution is -2.46. The van der Waals surface area contributed by atoms with E-state index in [1.54, 1.807) is 0 Å². The molecule has 2 aliphatic heterocycles. The van der Waals surface area contributed by atoms with Crippen LogP contribution in [-0.4, -0.2) is 55.4 Å². The maximum atomic E-state index is 11.8. The zero-order valence-electron chi connectivity index (χ0n) is 13.6. The quantitative estimate of drug-likeness (QED) is 0.738. The number of nitrogens with zero attached hydrogens (tertiary/aromatic N) is 1. The van der Waals surface area contributed by atoms with Crippen molar-refractivity contribution in [3.63, 3.8) is 0 Å². The molecular weight excluding hydrogens is 266 g/mol. The van der Waals surface area contributed by atoms with Gasteiger partial charge in [0, 0.05) is 25.7 Å². The van der Waals surface area contributed by atoms with Gasteiger partial charge >= 0.3 is 6.03 Å². The van der Waals surface area contributed by atoms with Gasteiger partial charge in [-0.25, -0.2) is 4.79 Å². The third-order valence-electron chi connectivity index (χ3n) is 4.73. The van der Waals surface area contributed by atoms with Crippen molar-refractivity contribution in [1.82, 2.24) is 15.5 Å². The number of amides is 2. The van der Waals surface area contributed by atoms with Crippen LogP contribution >= 0.6 is 0 Å². The average molecular weight is 297 g/mol. The molecule has 2 rings (SSSR count). The third kappa shape index (κ3) is 5.47. The minimum Gasteiger partial charge on any atom is -0.376 e. The van der Waals surface area contributed by atoms with Crippen molar-refractivity contribution in [2.75, 3.05) is 26.2 Å². The summed E-state index contributed by atoms with van der Waals surface area (Å²) in [7, 11) is 0. The Hall–Kier alpha value is -0.810. The standard InChI is InChI=1S/C16H31N3O2/c1-13-7-3-4-10-19(13)11-6-9-17-16(20)18-14(2)15-8-5-12-21-15/h13-15H,3-12H2,1-2H3,(H2,17,18,20). The summed E-state index contributed by atoms with van der Waals surface area (Å²) in [6.45, 7) is 8.19. The lowest BCUT2D eigenvalue weighted by Gasteiger charge is -2.33. The van der Waals surface area contributed by atoms with Gasteiger partial charge in [0.15, 0.2) is 0 Å². The van der Waals surface area contributed by atoms with Crippen molar-refractivity contribution in [2.24, 2.45) is 0 Å². The molecule has 3 atom stereocenters. The van der Waals surface area contributed by atoms with Gasteiger partial charge in [-0.1, -0.05) is 6.42 Å². The highest BCUT2D eigenvalue weighted by molar-refractivity contribution is 5.74. The number of nitrogens with one attached hydrogen (secondary N) is 2. The average Bonchev–Trinajstić information content (AvgIpc) is 2.99. The van der Waals surface area contributed by atoms with E-state index in [0.29, 0.717) is 6.04 Å². The van der Waals surface area contributed by atoms with Crippen LogP contribution in [0.25, 0.3) is 0 Å². The summed E-state index contributed by atoms with van der Waals surface area (Å²) < 4.78 is 5.58. The normalized spacial score (nSPS) is 28.3. The molecule has 3 unspecified atom stereocenters. The van der Waals surface area contributed by atoms with E-state index in [9.17, 15) is 4.79 Å². The van der Waals surface area contributed by atoms with Crippen LogP contribution < -0.4 is 10.6 Å². The van der Waals surface area contributed by atoms with Crippen molar-refractivity contribution in [2.45, 2.75) is 70.6 Å². The first-order valence-electron chi connectivity index (χ1n) is 8.57. The van der Waals surface area contributed by atoms with Crippen LogP contribution in [0.2, 0.25) is 0 Å². The largest absolute Gasteiger partial charge is 0.376 e. The zero-order chi connectivity index (χ0) is 15.1. The summed E-state index contributed by atoms with van der Waals surface area (Å²) in [5.74, 6) is 0. The van der Waals surface area contributed by atoms with Crippen LogP contribution in [0.4, 0.5) is 4.79 Å². The maximum Gasteiger partial charge on any atom is 0.315 e. The Morgan fingerprint density at radius 2 is 2.19 bits per heavy atom. The predicted octanol–water partition coefficient (Wildman–Crippen LogP) is 2.12. The summed E-state index contributed by atoms with van der Waals surface area (Å²) in [5, 5.41) is 5.94. The third-order valence-corrected chi connectivity index (χ3v) is 4.73. The Morgan fingerprint density at radius 1 is 1.33 bits per heavy atom. The molecule has 2 heterocycles. The summed E-state index contributed by atoms with van der Waals surface area (Å²) in [5.41, 5.74) is 0. The van der Waals surface area contributed by atoms with Gasteiger partial charge in [-0.15, -0.1) is 0 Å². The summed E-state index contributed by atoms with van der Waals surface area (Å²) in [6, 6.07) is 0.728. The van der Waals surface area contributed by atoms with Crippen molar-refractivity contribution in [3.8, 4) is 0 Å². The highest BCUT2D eigenvalue weighted by atomic mass is 16.5. The molecule has 2 aliphatic rings. The number of piperidine rings is 1.